The second-order valence-corrected chi connectivity index (χ2v) is 6.08. The van der Waals surface area contributed by atoms with Gasteiger partial charge in [0, 0.05) is 37.0 Å². The molecule has 0 aromatic carbocycles. The minimum absolute atomic E-state index is 0.0295. The number of piperidine rings is 1. The summed E-state index contributed by atoms with van der Waals surface area (Å²) in [6, 6.07) is 4.61. The van der Waals surface area contributed by atoms with Crippen LogP contribution in [0.2, 0.25) is 0 Å². The summed E-state index contributed by atoms with van der Waals surface area (Å²) >= 11 is 0. The van der Waals surface area contributed by atoms with Gasteiger partial charge in [0.2, 0.25) is 11.8 Å². The number of hydrogen-bond donors (Lipinski definition) is 2. The van der Waals surface area contributed by atoms with E-state index >= 15 is 0 Å². The van der Waals surface area contributed by atoms with Crippen LogP contribution in [0.25, 0.3) is 0 Å². The number of nitrogens with one attached hydrogen (secondary N) is 2. The van der Waals surface area contributed by atoms with Crippen LogP contribution in [-0.4, -0.2) is 39.7 Å². The fraction of sp³-hybridized carbons (Fsp3) is 0.412. The van der Waals surface area contributed by atoms with E-state index in [2.05, 4.69) is 20.7 Å². The molecule has 3 rings (SSSR count). The first-order valence-electron chi connectivity index (χ1n) is 8.08. The molecule has 0 radical (unpaired) electrons. The number of aryl methyl sites for hydroxylation is 2. The summed E-state index contributed by atoms with van der Waals surface area (Å²) in [4.78, 5) is 28.7. The van der Waals surface area contributed by atoms with Gasteiger partial charge >= 0.3 is 0 Å². The maximum absolute atomic E-state index is 12.7. The lowest BCUT2D eigenvalue weighted by Gasteiger charge is -2.32. The van der Waals surface area contributed by atoms with Crippen LogP contribution in [0, 0.1) is 6.92 Å². The monoisotopic (exact) mass is 343 g/mol. The van der Waals surface area contributed by atoms with Crippen LogP contribution in [-0.2, 0) is 11.8 Å². The van der Waals surface area contributed by atoms with E-state index in [0.29, 0.717) is 30.0 Å². The summed E-state index contributed by atoms with van der Waals surface area (Å²) in [7, 11) is 3.32. The van der Waals surface area contributed by atoms with Crippen molar-refractivity contribution in [1.82, 2.24) is 25.4 Å². The van der Waals surface area contributed by atoms with Crippen LogP contribution in [0.1, 0.15) is 40.6 Å². The Morgan fingerprint density at radius 2 is 2.24 bits per heavy atom. The molecule has 2 aromatic rings. The Bertz CT molecular complexity index is 801. The number of rotatable bonds is 4. The van der Waals surface area contributed by atoms with Crippen LogP contribution >= 0.6 is 0 Å². The van der Waals surface area contributed by atoms with Crippen LogP contribution < -0.4 is 15.4 Å². The van der Waals surface area contributed by atoms with E-state index in [1.807, 2.05) is 13.1 Å². The molecule has 132 valence electrons. The third-order valence-corrected chi connectivity index (χ3v) is 4.30. The zero-order valence-corrected chi connectivity index (χ0v) is 14.4. The van der Waals surface area contributed by atoms with Gasteiger partial charge in [-0.15, -0.1) is 0 Å². The normalized spacial score (nSPS) is 20.0. The molecule has 2 N–H and O–H groups in total. The topological polar surface area (TPSA) is 98.1 Å². The van der Waals surface area contributed by atoms with Gasteiger partial charge in [-0.25, -0.2) is 4.98 Å². The molecule has 1 aliphatic rings. The Morgan fingerprint density at radius 1 is 1.44 bits per heavy atom. The molecule has 0 spiro atoms. The van der Waals surface area contributed by atoms with Gasteiger partial charge in [-0.3, -0.25) is 14.3 Å². The van der Waals surface area contributed by atoms with Crippen molar-refractivity contribution in [2.75, 3.05) is 7.11 Å². The lowest BCUT2D eigenvalue weighted by molar-refractivity contribution is -0.123. The highest BCUT2D eigenvalue weighted by molar-refractivity contribution is 5.95. The van der Waals surface area contributed by atoms with E-state index in [0.717, 1.165) is 5.69 Å². The van der Waals surface area contributed by atoms with Crippen LogP contribution in [0.4, 0.5) is 0 Å². The predicted octanol–water partition coefficient (Wildman–Crippen LogP) is 0.882. The van der Waals surface area contributed by atoms with Crippen LogP contribution in [0.5, 0.6) is 5.88 Å². The van der Waals surface area contributed by atoms with Gasteiger partial charge in [-0.05, 0) is 25.5 Å². The molecule has 0 bridgehead atoms. The maximum atomic E-state index is 12.7. The Labute approximate surface area is 145 Å². The number of pyridine rings is 1. The molecule has 0 aliphatic carbocycles. The first-order chi connectivity index (χ1) is 12.0. The summed E-state index contributed by atoms with van der Waals surface area (Å²) in [5.74, 6) is 0.139. The number of ether oxygens (including phenoxy) is 1. The Kier molecular flexibility index (Phi) is 4.69. The predicted molar refractivity (Wildman–Crippen MR) is 90.1 cm³/mol. The van der Waals surface area contributed by atoms with Crippen molar-refractivity contribution in [3.63, 3.8) is 0 Å². The molecule has 3 heterocycles. The molecule has 0 saturated carbocycles. The number of carbonyl (C=O) groups is 2. The van der Waals surface area contributed by atoms with E-state index in [1.54, 1.807) is 29.9 Å². The zero-order chi connectivity index (χ0) is 18.0. The smallest absolute Gasteiger partial charge is 0.251 e. The molecular weight excluding hydrogens is 322 g/mol. The van der Waals surface area contributed by atoms with Gasteiger partial charge < -0.3 is 15.4 Å². The fourth-order valence-electron chi connectivity index (χ4n) is 3.05. The summed E-state index contributed by atoms with van der Waals surface area (Å²) in [5, 5.41) is 10.1. The van der Waals surface area contributed by atoms with Crippen LogP contribution in [0.15, 0.2) is 24.4 Å². The molecule has 8 nitrogen and oxygen atoms in total. The van der Waals surface area contributed by atoms with Crippen LogP contribution in [0.3, 0.4) is 0 Å². The Morgan fingerprint density at radius 3 is 2.92 bits per heavy atom. The molecule has 1 saturated heterocycles. The van der Waals surface area contributed by atoms with Gasteiger partial charge in [0.1, 0.15) is 0 Å². The van der Waals surface area contributed by atoms with Crippen molar-refractivity contribution in [2.24, 2.45) is 7.05 Å². The number of nitrogens with zero attached hydrogens (tertiary/aromatic N) is 3. The molecule has 1 aliphatic heterocycles. The number of methoxy groups -OCH3 is 1. The molecule has 25 heavy (non-hydrogen) atoms. The average molecular weight is 343 g/mol. The van der Waals surface area contributed by atoms with Gasteiger partial charge in [-0.1, -0.05) is 0 Å². The standard InChI is InChI=1S/C17H21N5O3/c1-10-8-11(9-15(19-10)25-3)17(24)20-12-4-5-14(23)21-16(12)13-6-7-18-22(13)2/h6-9,12,16H,4-5H2,1-3H3,(H,20,24)(H,21,23)/t12-,16-/m1/s1. The van der Waals surface area contributed by atoms with E-state index in [1.165, 1.54) is 7.11 Å². The first kappa shape index (κ1) is 16.9. The molecule has 2 aromatic heterocycles. The van der Waals surface area contributed by atoms with Crippen molar-refractivity contribution in [3.8, 4) is 5.88 Å². The lowest BCUT2D eigenvalue weighted by Crippen LogP contribution is -2.50. The molecule has 2 amide bonds. The third-order valence-electron chi connectivity index (χ3n) is 4.30. The minimum Gasteiger partial charge on any atom is -0.481 e. The van der Waals surface area contributed by atoms with Crippen molar-refractivity contribution in [1.29, 1.82) is 0 Å². The number of hydrogen-bond acceptors (Lipinski definition) is 5. The SMILES string of the molecule is COc1cc(C(=O)N[C@@H]2CCC(=O)N[C@H]2c2ccnn2C)cc(C)n1. The lowest BCUT2D eigenvalue weighted by atomic mass is 9.95. The van der Waals surface area contributed by atoms with Crippen molar-refractivity contribution in [2.45, 2.75) is 31.8 Å². The maximum Gasteiger partial charge on any atom is 0.251 e. The number of amides is 2. The molecule has 0 unspecified atom stereocenters. The number of aromatic nitrogens is 3. The van der Waals surface area contributed by atoms with Crippen molar-refractivity contribution in [3.05, 3.63) is 41.3 Å². The van der Waals surface area contributed by atoms with E-state index in [4.69, 9.17) is 4.74 Å². The molecule has 1 fully saturated rings. The largest absolute Gasteiger partial charge is 0.481 e. The summed E-state index contributed by atoms with van der Waals surface area (Å²) in [6.07, 6.45) is 2.61. The van der Waals surface area contributed by atoms with Gasteiger partial charge in [0.15, 0.2) is 0 Å². The molecule has 2 atom stereocenters. The molecule has 8 heteroatoms. The first-order valence-corrected chi connectivity index (χ1v) is 8.08. The second kappa shape index (κ2) is 6.92. The van der Waals surface area contributed by atoms with Gasteiger partial charge in [0.25, 0.3) is 5.91 Å². The van der Waals surface area contributed by atoms with E-state index < -0.39 is 0 Å². The van der Waals surface area contributed by atoms with Gasteiger partial charge in [-0.2, -0.15) is 5.10 Å². The van der Waals surface area contributed by atoms with E-state index in [-0.39, 0.29) is 23.9 Å². The highest BCUT2D eigenvalue weighted by Crippen LogP contribution is 2.24. The van der Waals surface area contributed by atoms with Crippen molar-refractivity contribution < 1.29 is 14.3 Å². The summed E-state index contributed by atoms with van der Waals surface area (Å²) in [5.41, 5.74) is 2.02. The quantitative estimate of drug-likeness (QED) is 0.859. The summed E-state index contributed by atoms with van der Waals surface area (Å²) < 4.78 is 6.83. The zero-order valence-electron chi connectivity index (χ0n) is 14.4. The van der Waals surface area contributed by atoms with Crippen molar-refractivity contribution >= 4 is 11.8 Å². The second-order valence-electron chi connectivity index (χ2n) is 6.08. The van der Waals surface area contributed by atoms with E-state index in [9.17, 15) is 9.59 Å². The Hall–Kier alpha value is -2.90. The third kappa shape index (κ3) is 3.62. The minimum atomic E-state index is -0.317. The molecular formula is C17H21N5O3. The Balaban J connectivity index is 1.82. The highest BCUT2D eigenvalue weighted by atomic mass is 16.5. The summed E-state index contributed by atoms with van der Waals surface area (Å²) in [6.45, 7) is 1.80. The fourth-order valence-corrected chi connectivity index (χ4v) is 3.05. The number of carbonyl (C=O) groups excluding carboxylic acids is 2. The van der Waals surface area contributed by atoms with Gasteiger partial charge in [0.05, 0.1) is 24.9 Å². The highest BCUT2D eigenvalue weighted by Gasteiger charge is 2.33. The average Bonchev–Trinajstić information content (AvgIpc) is 3.01.